The van der Waals surface area contributed by atoms with Crippen molar-refractivity contribution in [3.8, 4) is 0 Å². The second kappa shape index (κ2) is 4.26. The molecular weight excluding hydrogens is 210 g/mol. The van der Waals surface area contributed by atoms with E-state index >= 15 is 0 Å². The van der Waals surface area contributed by atoms with E-state index in [2.05, 4.69) is 0 Å². The Kier molecular flexibility index (Phi) is 3.61. The molecule has 0 aromatic heterocycles. The highest BCUT2D eigenvalue weighted by molar-refractivity contribution is 7.92. The minimum absolute atomic E-state index is 0.151. The summed E-state index contributed by atoms with van der Waals surface area (Å²) in [6, 6.07) is 0.230. The summed E-state index contributed by atoms with van der Waals surface area (Å²) >= 11 is 0. The van der Waals surface area contributed by atoms with E-state index in [-0.39, 0.29) is 11.8 Å². The van der Waals surface area contributed by atoms with Gasteiger partial charge in [0.05, 0.1) is 10.5 Å². The van der Waals surface area contributed by atoms with Crippen LogP contribution in [0.3, 0.4) is 0 Å². The van der Waals surface area contributed by atoms with Crippen LogP contribution in [0.1, 0.15) is 40.0 Å². The molecular formula is C11H21NO2S. The van der Waals surface area contributed by atoms with Crippen molar-refractivity contribution < 1.29 is 8.42 Å². The van der Waals surface area contributed by atoms with E-state index in [4.69, 9.17) is 5.73 Å². The van der Waals surface area contributed by atoms with Gasteiger partial charge in [0.15, 0.2) is 9.84 Å². The first-order valence-corrected chi connectivity index (χ1v) is 7.03. The van der Waals surface area contributed by atoms with Crippen molar-refractivity contribution in [1.29, 1.82) is 0 Å². The van der Waals surface area contributed by atoms with E-state index in [1.54, 1.807) is 20.8 Å². The molecule has 1 atom stereocenters. The van der Waals surface area contributed by atoms with Crippen molar-refractivity contribution in [2.75, 3.05) is 5.75 Å². The summed E-state index contributed by atoms with van der Waals surface area (Å²) in [5.74, 6) is 0.151. The molecule has 0 aliphatic heterocycles. The third kappa shape index (κ3) is 3.31. The summed E-state index contributed by atoms with van der Waals surface area (Å²) in [6.45, 7) is 5.21. The number of nitrogens with two attached hydrogens (primary N) is 1. The molecule has 0 radical (unpaired) electrons. The van der Waals surface area contributed by atoms with Gasteiger partial charge in [-0.1, -0.05) is 11.6 Å². The summed E-state index contributed by atoms with van der Waals surface area (Å²) in [7, 11) is -3.02. The standard InChI is InChI=1S/C11H21NO2S/c1-11(2,3)15(13,14)7-6-9-4-5-10(12)8-9/h6,10H,4-5,7-8,12H2,1-3H3/b9-6-. The minimum Gasteiger partial charge on any atom is -0.327 e. The minimum atomic E-state index is -3.02. The monoisotopic (exact) mass is 231 g/mol. The maximum Gasteiger partial charge on any atom is 0.158 e. The fourth-order valence-corrected chi connectivity index (χ4v) is 2.53. The molecule has 15 heavy (non-hydrogen) atoms. The molecule has 1 saturated carbocycles. The van der Waals surface area contributed by atoms with Crippen molar-refractivity contribution >= 4 is 9.84 Å². The zero-order valence-corrected chi connectivity index (χ0v) is 10.6. The van der Waals surface area contributed by atoms with Crippen molar-refractivity contribution in [3.05, 3.63) is 11.6 Å². The van der Waals surface area contributed by atoms with Gasteiger partial charge in [0.1, 0.15) is 0 Å². The first kappa shape index (κ1) is 12.7. The zero-order valence-electron chi connectivity index (χ0n) is 9.79. The zero-order chi connectivity index (χ0) is 11.7. The molecule has 0 heterocycles. The average Bonchev–Trinajstić information content (AvgIpc) is 2.46. The van der Waals surface area contributed by atoms with Crippen LogP contribution < -0.4 is 5.73 Å². The van der Waals surface area contributed by atoms with Gasteiger partial charge in [-0.2, -0.15) is 0 Å². The summed E-state index contributed by atoms with van der Waals surface area (Å²) in [5.41, 5.74) is 6.96. The lowest BCUT2D eigenvalue weighted by molar-refractivity contribution is 0.563. The van der Waals surface area contributed by atoms with Crippen LogP contribution in [0.25, 0.3) is 0 Å². The van der Waals surface area contributed by atoms with E-state index in [9.17, 15) is 8.42 Å². The van der Waals surface area contributed by atoms with Gasteiger partial charge in [-0.15, -0.1) is 0 Å². The molecule has 0 aromatic carbocycles. The molecule has 1 aliphatic carbocycles. The maximum absolute atomic E-state index is 11.8. The summed E-state index contributed by atoms with van der Waals surface area (Å²) in [6.07, 6.45) is 4.66. The van der Waals surface area contributed by atoms with Gasteiger partial charge in [0.2, 0.25) is 0 Å². The number of hydrogen-bond donors (Lipinski definition) is 1. The molecule has 0 saturated heterocycles. The lowest BCUT2D eigenvalue weighted by Crippen LogP contribution is -2.29. The normalized spacial score (nSPS) is 26.1. The molecule has 1 rings (SSSR count). The van der Waals surface area contributed by atoms with Crippen LogP contribution in [0.2, 0.25) is 0 Å². The molecule has 1 unspecified atom stereocenters. The Hall–Kier alpha value is -0.350. The van der Waals surface area contributed by atoms with Crippen molar-refractivity contribution in [1.82, 2.24) is 0 Å². The second-order valence-corrected chi connectivity index (χ2v) is 8.05. The van der Waals surface area contributed by atoms with Crippen molar-refractivity contribution in [2.45, 2.75) is 50.8 Å². The fourth-order valence-electron chi connectivity index (χ4n) is 1.57. The molecule has 2 N–H and O–H groups in total. The Labute approximate surface area is 92.7 Å². The first-order chi connectivity index (χ1) is 6.72. The van der Waals surface area contributed by atoms with E-state index in [1.807, 2.05) is 6.08 Å². The largest absolute Gasteiger partial charge is 0.327 e. The van der Waals surface area contributed by atoms with Gasteiger partial charge in [0.25, 0.3) is 0 Å². The van der Waals surface area contributed by atoms with Crippen LogP contribution >= 0.6 is 0 Å². The Balaban J connectivity index is 2.65. The summed E-state index contributed by atoms with van der Waals surface area (Å²) in [4.78, 5) is 0. The smallest absolute Gasteiger partial charge is 0.158 e. The van der Waals surface area contributed by atoms with Crippen LogP contribution in [0, 0.1) is 0 Å². The van der Waals surface area contributed by atoms with Gasteiger partial charge in [-0.05, 0) is 40.0 Å². The Bertz CT molecular complexity index is 349. The van der Waals surface area contributed by atoms with E-state index in [1.165, 1.54) is 5.57 Å². The van der Waals surface area contributed by atoms with Crippen LogP contribution in [-0.4, -0.2) is 25.0 Å². The number of sulfone groups is 1. The van der Waals surface area contributed by atoms with Crippen molar-refractivity contribution in [3.63, 3.8) is 0 Å². The third-order valence-electron chi connectivity index (χ3n) is 2.89. The number of rotatable bonds is 2. The Morgan fingerprint density at radius 1 is 1.47 bits per heavy atom. The van der Waals surface area contributed by atoms with E-state index < -0.39 is 14.6 Å². The quantitative estimate of drug-likeness (QED) is 0.735. The first-order valence-electron chi connectivity index (χ1n) is 5.38. The summed E-state index contributed by atoms with van der Waals surface area (Å²) in [5, 5.41) is 0. The fraction of sp³-hybridized carbons (Fsp3) is 0.818. The van der Waals surface area contributed by atoms with Crippen LogP contribution in [-0.2, 0) is 9.84 Å². The van der Waals surface area contributed by atoms with Crippen LogP contribution in [0.5, 0.6) is 0 Å². The lowest BCUT2D eigenvalue weighted by Gasteiger charge is -2.17. The molecule has 0 spiro atoms. The molecule has 1 fully saturated rings. The predicted octanol–water partition coefficient (Wildman–Crippen LogP) is 1.64. The molecule has 3 nitrogen and oxygen atoms in total. The highest BCUT2D eigenvalue weighted by Gasteiger charge is 2.28. The van der Waals surface area contributed by atoms with Crippen LogP contribution in [0.15, 0.2) is 11.6 Å². The summed E-state index contributed by atoms with van der Waals surface area (Å²) < 4.78 is 23.0. The van der Waals surface area contributed by atoms with Crippen molar-refractivity contribution in [2.24, 2.45) is 5.73 Å². The maximum atomic E-state index is 11.8. The highest BCUT2D eigenvalue weighted by Crippen LogP contribution is 2.24. The van der Waals surface area contributed by atoms with E-state index in [0.717, 1.165) is 19.3 Å². The average molecular weight is 231 g/mol. The molecule has 4 heteroatoms. The van der Waals surface area contributed by atoms with Gasteiger partial charge in [-0.3, -0.25) is 0 Å². The van der Waals surface area contributed by atoms with E-state index in [0.29, 0.717) is 0 Å². The molecule has 0 aromatic rings. The van der Waals surface area contributed by atoms with Gasteiger partial charge < -0.3 is 5.73 Å². The Morgan fingerprint density at radius 2 is 2.07 bits per heavy atom. The van der Waals surface area contributed by atoms with Gasteiger partial charge in [-0.25, -0.2) is 8.42 Å². The van der Waals surface area contributed by atoms with Gasteiger partial charge >= 0.3 is 0 Å². The predicted molar refractivity (Wildman–Crippen MR) is 63.4 cm³/mol. The molecule has 88 valence electrons. The molecule has 0 bridgehead atoms. The third-order valence-corrected chi connectivity index (χ3v) is 5.36. The highest BCUT2D eigenvalue weighted by atomic mass is 32.2. The second-order valence-electron chi connectivity index (χ2n) is 5.26. The SMILES string of the molecule is CC(C)(C)S(=O)(=O)C/C=C1/CCC(N)C1. The Morgan fingerprint density at radius 3 is 2.47 bits per heavy atom. The topological polar surface area (TPSA) is 60.2 Å². The van der Waals surface area contributed by atoms with Gasteiger partial charge in [0, 0.05) is 6.04 Å². The van der Waals surface area contributed by atoms with Crippen LogP contribution in [0.4, 0.5) is 0 Å². The lowest BCUT2D eigenvalue weighted by atomic mass is 10.2. The molecule has 0 amide bonds. The number of hydrogen-bond acceptors (Lipinski definition) is 3. The molecule has 1 aliphatic rings.